The molecule has 0 aliphatic rings. The number of ether oxygens (including phenoxy) is 1. The van der Waals surface area contributed by atoms with Gasteiger partial charge in [-0.1, -0.05) is 6.07 Å². The van der Waals surface area contributed by atoms with Crippen molar-refractivity contribution in [1.29, 1.82) is 0 Å². The van der Waals surface area contributed by atoms with Crippen molar-refractivity contribution >= 4 is 32.3 Å². The van der Waals surface area contributed by atoms with Gasteiger partial charge in [0.1, 0.15) is 15.7 Å². The molecule has 0 saturated heterocycles. The molecule has 5 nitrogen and oxygen atoms in total. The molecule has 0 radical (unpaired) electrons. The number of anilines is 1. The van der Waals surface area contributed by atoms with Crippen LogP contribution in [0.3, 0.4) is 0 Å². The zero-order chi connectivity index (χ0) is 16.3. The molecule has 0 unspecified atom stereocenters. The molecule has 2 rings (SSSR count). The molecule has 0 aliphatic carbocycles. The highest BCUT2D eigenvalue weighted by atomic mass is 32.2. The maximum absolute atomic E-state index is 13.1. The summed E-state index contributed by atoms with van der Waals surface area (Å²) in [4.78, 5) is 11.9. The number of thiophene rings is 1. The highest BCUT2D eigenvalue weighted by Gasteiger charge is 2.19. The third-order valence-corrected chi connectivity index (χ3v) is 5.34. The summed E-state index contributed by atoms with van der Waals surface area (Å²) in [5.74, 6) is -1.14. The van der Waals surface area contributed by atoms with Crippen LogP contribution in [0.5, 0.6) is 0 Å². The van der Waals surface area contributed by atoms with Crippen LogP contribution in [-0.4, -0.2) is 21.0 Å². The Morgan fingerprint density at radius 3 is 2.73 bits per heavy atom. The van der Waals surface area contributed by atoms with Gasteiger partial charge in [-0.25, -0.2) is 17.6 Å². The Morgan fingerprint density at radius 1 is 1.36 bits per heavy atom. The second kappa shape index (κ2) is 6.45. The van der Waals surface area contributed by atoms with Gasteiger partial charge in [0, 0.05) is 0 Å². The van der Waals surface area contributed by atoms with Gasteiger partial charge < -0.3 is 4.74 Å². The van der Waals surface area contributed by atoms with Crippen molar-refractivity contribution in [3.63, 3.8) is 0 Å². The highest BCUT2D eigenvalue weighted by molar-refractivity contribution is 7.93. The molecule has 1 N–H and O–H groups in total. The van der Waals surface area contributed by atoms with Crippen molar-refractivity contribution in [2.45, 2.75) is 18.7 Å². The van der Waals surface area contributed by atoms with E-state index in [1.165, 1.54) is 18.2 Å². The summed E-state index contributed by atoms with van der Waals surface area (Å²) in [5.41, 5.74) is 0.611. The molecule has 118 valence electrons. The van der Waals surface area contributed by atoms with Gasteiger partial charge in [-0.05, 0) is 43.7 Å². The number of hydrogen-bond acceptors (Lipinski definition) is 5. The minimum absolute atomic E-state index is 0.184. The first kappa shape index (κ1) is 16.4. The Kier molecular flexibility index (Phi) is 4.82. The third kappa shape index (κ3) is 3.63. The number of sulfonamides is 1. The second-order valence-electron chi connectivity index (χ2n) is 4.41. The number of carbonyl (C=O) groups excluding carboxylic acids is 1. The van der Waals surface area contributed by atoms with E-state index in [-0.39, 0.29) is 16.5 Å². The monoisotopic (exact) mass is 343 g/mol. The van der Waals surface area contributed by atoms with Gasteiger partial charge >= 0.3 is 5.97 Å². The molecule has 0 amide bonds. The van der Waals surface area contributed by atoms with Crippen LogP contribution in [0.1, 0.15) is 22.2 Å². The summed E-state index contributed by atoms with van der Waals surface area (Å²) in [5, 5.41) is 0.268. The molecule has 2 aromatic rings. The van der Waals surface area contributed by atoms with Crippen molar-refractivity contribution in [3.8, 4) is 0 Å². The first-order chi connectivity index (χ1) is 10.3. The lowest BCUT2D eigenvalue weighted by atomic mass is 10.3. The summed E-state index contributed by atoms with van der Waals surface area (Å²) in [6.45, 7) is 3.61. The van der Waals surface area contributed by atoms with Crippen LogP contribution in [0.2, 0.25) is 0 Å². The van der Waals surface area contributed by atoms with Crippen LogP contribution in [0.15, 0.2) is 35.2 Å². The Bertz CT molecular complexity index is 799. The molecule has 1 heterocycles. The van der Waals surface area contributed by atoms with E-state index in [9.17, 15) is 17.6 Å². The average Bonchev–Trinajstić information content (AvgIpc) is 2.79. The Morgan fingerprint density at radius 2 is 2.09 bits per heavy atom. The predicted molar refractivity (Wildman–Crippen MR) is 82.2 cm³/mol. The standard InChI is InChI=1S/C14H14FNO4S2/c1-3-20-14(17)13-9(2)7-12(21-13)16-22(18,19)11-6-4-5-10(15)8-11/h4-8,16H,3H2,1-2H3. The van der Waals surface area contributed by atoms with E-state index in [0.717, 1.165) is 23.5 Å². The number of nitrogens with one attached hydrogen (secondary N) is 1. The molecule has 1 aromatic carbocycles. The lowest BCUT2D eigenvalue weighted by Crippen LogP contribution is -2.12. The molecule has 22 heavy (non-hydrogen) atoms. The minimum Gasteiger partial charge on any atom is -0.462 e. The molecule has 0 bridgehead atoms. The fraction of sp³-hybridized carbons (Fsp3) is 0.214. The number of esters is 1. The van der Waals surface area contributed by atoms with Crippen molar-refractivity contribution in [2.75, 3.05) is 11.3 Å². The minimum atomic E-state index is -3.91. The third-order valence-electron chi connectivity index (χ3n) is 2.72. The topological polar surface area (TPSA) is 72.5 Å². The number of halogens is 1. The van der Waals surface area contributed by atoms with Gasteiger partial charge in [-0.2, -0.15) is 0 Å². The first-order valence-corrected chi connectivity index (χ1v) is 8.69. The van der Waals surface area contributed by atoms with Gasteiger partial charge in [0.05, 0.1) is 11.5 Å². The van der Waals surface area contributed by atoms with Gasteiger partial charge in [0.15, 0.2) is 0 Å². The second-order valence-corrected chi connectivity index (χ2v) is 7.14. The normalized spacial score (nSPS) is 11.2. The Labute approximate surface area is 131 Å². The fourth-order valence-electron chi connectivity index (χ4n) is 1.76. The number of aryl methyl sites for hydroxylation is 1. The van der Waals surface area contributed by atoms with Crippen LogP contribution in [0, 0.1) is 12.7 Å². The van der Waals surface area contributed by atoms with E-state index >= 15 is 0 Å². The van der Waals surface area contributed by atoms with Crippen LogP contribution in [0.4, 0.5) is 9.39 Å². The van der Waals surface area contributed by atoms with Gasteiger partial charge in [0.25, 0.3) is 10.0 Å². The van der Waals surface area contributed by atoms with Crippen molar-refractivity contribution in [1.82, 2.24) is 0 Å². The molecule has 1 aromatic heterocycles. The molecule has 8 heteroatoms. The molecule has 0 saturated carbocycles. The van der Waals surface area contributed by atoms with Crippen LogP contribution >= 0.6 is 11.3 Å². The molecule has 0 spiro atoms. The average molecular weight is 343 g/mol. The number of benzene rings is 1. The molecule has 0 fully saturated rings. The van der Waals surface area contributed by atoms with Crippen molar-refractivity contribution < 1.29 is 22.3 Å². The first-order valence-electron chi connectivity index (χ1n) is 6.39. The largest absolute Gasteiger partial charge is 0.462 e. The van der Waals surface area contributed by atoms with E-state index in [1.54, 1.807) is 13.8 Å². The Hall–Kier alpha value is -1.93. The lowest BCUT2D eigenvalue weighted by Gasteiger charge is -2.05. The smallest absolute Gasteiger partial charge is 0.348 e. The zero-order valence-corrected chi connectivity index (χ0v) is 13.6. The SMILES string of the molecule is CCOC(=O)c1sc(NS(=O)(=O)c2cccc(F)c2)cc1C. The van der Waals surface area contributed by atoms with E-state index in [2.05, 4.69) is 4.72 Å². The van der Waals surface area contributed by atoms with E-state index in [4.69, 9.17) is 4.74 Å². The van der Waals surface area contributed by atoms with Crippen LogP contribution in [-0.2, 0) is 14.8 Å². The quantitative estimate of drug-likeness (QED) is 0.847. The maximum Gasteiger partial charge on any atom is 0.348 e. The van der Waals surface area contributed by atoms with Gasteiger partial charge in [-0.3, -0.25) is 4.72 Å². The predicted octanol–water partition coefficient (Wildman–Crippen LogP) is 3.17. The zero-order valence-electron chi connectivity index (χ0n) is 11.9. The van der Waals surface area contributed by atoms with Crippen molar-refractivity contribution in [2.24, 2.45) is 0 Å². The van der Waals surface area contributed by atoms with Gasteiger partial charge in [-0.15, -0.1) is 11.3 Å². The summed E-state index contributed by atoms with van der Waals surface area (Å²) >= 11 is 0.975. The summed E-state index contributed by atoms with van der Waals surface area (Å²) in [6.07, 6.45) is 0. The molecular formula is C14H14FNO4S2. The molecule has 0 aliphatic heterocycles. The Balaban J connectivity index is 2.27. The molecule has 0 atom stereocenters. The van der Waals surface area contributed by atoms with Crippen LogP contribution in [0.25, 0.3) is 0 Å². The van der Waals surface area contributed by atoms with E-state index in [1.807, 2.05) is 0 Å². The van der Waals surface area contributed by atoms with Crippen LogP contribution < -0.4 is 4.72 Å². The van der Waals surface area contributed by atoms with E-state index in [0.29, 0.717) is 10.4 Å². The summed E-state index contributed by atoms with van der Waals surface area (Å²) < 4.78 is 44.7. The number of hydrogen-bond donors (Lipinski definition) is 1. The fourth-order valence-corrected chi connectivity index (χ4v) is 4.04. The lowest BCUT2D eigenvalue weighted by molar-refractivity contribution is 0.0531. The number of carbonyl (C=O) groups is 1. The summed E-state index contributed by atoms with van der Waals surface area (Å²) in [6, 6.07) is 6.22. The molecular weight excluding hydrogens is 329 g/mol. The van der Waals surface area contributed by atoms with Gasteiger partial charge in [0.2, 0.25) is 0 Å². The van der Waals surface area contributed by atoms with Crippen molar-refractivity contribution in [3.05, 3.63) is 46.6 Å². The maximum atomic E-state index is 13.1. The van der Waals surface area contributed by atoms with E-state index < -0.39 is 21.8 Å². The summed E-state index contributed by atoms with van der Waals surface area (Å²) in [7, 11) is -3.91. The number of rotatable bonds is 5. The highest BCUT2D eigenvalue weighted by Crippen LogP contribution is 2.29.